The Labute approximate surface area is 109 Å². The first-order valence-corrected chi connectivity index (χ1v) is 6.92. The third kappa shape index (κ3) is 2.99. The molecule has 0 amide bonds. The van der Waals surface area contributed by atoms with Crippen molar-refractivity contribution in [3.05, 3.63) is 17.6 Å². The lowest BCUT2D eigenvalue weighted by atomic mass is 10.0. The van der Waals surface area contributed by atoms with Gasteiger partial charge in [-0.15, -0.1) is 0 Å². The Balaban J connectivity index is 2.13. The van der Waals surface area contributed by atoms with Crippen molar-refractivity contribution in [2.75, 3.05) is 11.9 Å². The predicted molar refractivity (Wildman–Crippen MR) is 74.7 cm³/mol. The Kier molecular flexibility index (Phi) is 4.17. The standard InChI is InChI=1S/C14H24N4/c1-9(2)14-16-10(3)7-13(18-14)17-12-6-4-5-11(12)8-15/h7,9,11-12H,4-6,8,15H2,1-3H3,(H,16,17,18). The SMILES string of the molecule is Cc1cc(NC2CCCC2CN)nc(C(C)C)n1. The number of hydrogen-bond acceptors (Lipinski definition) is 4. The summed E-state index contributed by atoms with van der Waals surface area (Å²) in [5.74, 6) is 2.82. The summed E-state index contributed by atoms with van der Waals surface area (Å²) in [4.78, 5) is 9.07. The highest BCUT2D eigenvalue weighted by atomic mass is 15.1. The van der Waals surface area contributed by atoms with Crippen molar-refractivity contribution in [1.29, 1.82) is 0 Å². The molecule has 4 nitrogen and oxygen atoms in total. The van der Waals surface area contributed by atoms with E-state index in [0.29, 0.717) is 17.9 Å². The van der Waals surface area contributed by atoms with Crippen LogP contribution in [0.25, 0.3) is 0 Å². The molecule has 2 rings (SSSR count). The minimum atomic E-state index is 0.360. The van der Waals surface area contributed by atoms with Crippen molar-refractivity contribution >= 4 is 5.82 Å². The highest BCUT2D eigenvalue weighted by molar-refractivity contribution is 5.38. The molecule has 1 saturated carbocycles. The van der Waals surface area contributed by atoms with Gasteiger partial charge in [0.15, 0.2) is 0 Å². The molecule has 2 unspecified atom stereocenters. The molecule has 100 valence electrons. The second-order valence-corrected chi connectivity index (χ2v) is 5.58. The third-order valence-corrected chi connectivity index (χ3v) is 3.68. The van der Waals surface area contributed by atoms with E-state index < -0.39 is 0 Å². The average Bonchev–Trinajstić information content (AvgIpc) is 2.75. The molecule has 1 fully saturated rings. The van der Waals surface area contributed by atoms with Crippen molar-refractivity contribution in [3.63, 3.8) is 0 Å². The van der Waals surface area contributed by atoms with E-state index in [0.717, 1.165) is 23.9 Å². The van der Waals surface area contributed by atoms with Gasteiger partial charge in [-0.25, -0.2) is 9.97 Å². The predicted octanol–water partition coefficient (Wildman–Crippen LogP) is 2.45. The Hall–Kier alpha value is -1.16. The summed E-state index contributed by atoms with van der Waals surface area (Å²) in [5.41, 5.74) is 6.84. The molecule has 0 radical (unpaired) electrons. The number of aryl methyl sites for hydroxylation is 1. The maximum Gasteiger partial charge on any atom is 0.133 e. The Morgan fingerprint density at radius 1 is 1.39 bits per heavy atom. The lowest BCUT2D eigenvalue weighted by Gasteiger charge is -2.20. The Bertz CT molecular complexity index is 403. The molecule has 1 heterocycles. The number of hydrogen-bond donors (Lipinski definition) is 2. The molecular formula is C14H24N4. The summed E-state index contributed by atoms with van der Waals surface area (Å²) in [6.07, 6.45) is 3.69. The fourth-order valence-electron chi connectivity index (χ4n) is 2.62. The monoisotopic (exact) mass is 248 g/mol. The van der Waals surface area contributed by atoms with Gasteiger partial charge < -0.3 is 11.1 Å². The van der Waals surface area contributed by atoms with E-state index in [9.17, 15) is 0 Å². The van der Waals surface area contributed by atoms with Gasteiger partial charge in [-0.05, 0) is 32.2 Å². The van der Waals surface area contributed by atoms with Crippen LogP contribution in [0.2, 0.25) is 0 Å². The van der Waals surface area contributed by atoms with Crippen LogP contribution < -0.4 is 11.1 Å². The van der Waals surface area contributed by atoms with Crippen LogP contribution in [0.4, 0.5) is 5.82 Å². The van der Waals surface area contributed by atoms with Gasteiger partial charge in [0.2, 0.25) is 0 Å². The maximum absolute atomic E-state index is 5.81. The molecule has 0 saturated heterocycles. The molecule has 0 spiro atoms. The summed E-state index contributed by atoms with van der Waals surface area (Å²) in [7, 11) is 0. The number of aromatic nitrogens is 2. The Morgan fingerprint density at radius 3 is 2.83 bits per heavy atom. The van der Waals surface area contributed by atoms with Gasteiger partial charge in [-0.1, -0.05) is 20.3 Å². The second kappa shape index (κ2) is 5.65. The van der Waals surface area contributed by atoms with Crippen LogP contribution >= 0.6 is 0 Å². The van der Waals surface area contributed by atoms with Gasteiger partial charge in [0.05, 0.1) is 0 Å². The third-order valence-electron chi connectivity index (χ3n) is 3.68. The summed E-state index contributed by atoms with van der Waals surface area (Å²) < 4.78 is 0. The summed E-state index contributed by atoms with van der Waals surface area (Å²) in [5, 5.41) is 3.55. The molecule has 0 aromatic carbocycles. The highest BCUT2D eigenvalue weighted by Gasteiger charge is 2.26. The van der Waals surface area contributed by atoms with Crippen LogP contribution in [0.3, 0.4) is 0 Å². The van der Waals surface area contributed by atoms with E-state index in [1.807, 2.05) is 13.0 Å². The fraction of sp³-hybridized carbons (Fsp3) is 0.714. The van der Waals surface area contributed by atoms with Crippen molar-refractivity contribution in [2.24, 2.45) is 11.7 Å². The van der Waals surface area contributed by atoms with Crippen LogP contribution in [0.1, 0.15) is 50.5 Å². The molecule has 1 aromatic rings. The number of nitrogens with zero attached hydrogens (tertiary/aromatic N) is 2. The normalized spacial score (nSPS) is 23.6. The number of nitrogens with two attached hydrogens (primary N) is 1. The van der Waals surface area contributed by atoms with Gasteiger partial charge in [-0.2, -0.15) is 0 Å². The van der Waals surface area contributed by atoms with Crippen molar-refractivity contribution in [2.45, 2.75) is 52.0 Å². The molecule has 3 N–H and O–H groups in total. The summed E-state index contributed by atoms with van der Waals surface area (Å²) in [6, 6.07) is 2.50. The van der Waals surface area contributed by atoms with Crippen molar-refractivity contribution in [3.8, 4) is 0 Å². The number of anilines is 1. The lowest BCUT2D eigenvalue weighted by Crippen LogP contribution is -2.30. The van der Waals surface area contributed by atoms with Gasteiger partial charge in [0.1, 0.15) is 11.6 Å². The van der Waals surface area contributed by atoms with E-state index >= 15 is 0 Å². The van der Waals surface area contributed by atoms with Crippen LogP contribution in [-0.2, 0) is 0 Å². The molecule has 0 bridgehead atoms. The molecular weight excluding hydrogens is 224 g/mol. The number of nitrogens with one attached hydrogen (secondary N) is 1. The Morgan fingerprint density at radius 2 is 2.17 bits per heavy atom. The first kappa shape index (κ1) is 13.3. The van der Waals surface area contributed by atoms with Gasteiger partial charge in [0, 0.05) is 23.7 Å². The minimum Gasteiger partial charge on any atom is -0.367 e. The van der Waals surface area contributed by atoms with Gasteiger partial charge in [-0.3, -0.25) is 0 Å². The largest absolute Gasteiger partial charge is 0.367 e. The molecule has 4 heteroatoms. The van der Waals surface area contributed by atoms with E-state index in [1.165, 1.54) is 19.3 Å². The molecule has 1 aliphatic carbocycles. The van der Waals surface area contributed by atoms with Crippen LogP contribution in [0, 0.1) is 12.8 Å². The zero-order valence-electron chi connectivity index (χ0n) is 11.6. The quantitative estimate of drug-likeness (QED) is 0.859. The minimum absolute atomic E-state index is 0.360. The maximum atomic E-state index is 5.81. The van der Waals surface area contributed by atoms with Crippen LogP contribution in [0.5, 0.6) is 0 Å². The highest BCUT2D eigenvalue weighted by Crippen LogP contribution is 2.27. The summed E-state index contributed by atoms with van der Waals surface area (Å²) >= 11 is 0. The molecule has 18 heavy (non-hydrogen) atoms. The van der Waals surface area contributed by atoms with Crippen LogP contribution in [-0.4, -0.2) is 22.6 Å². The molecule has 2 atom stereocenters. The zero-order chi connectivity index (χ0) is 13.1. The van der Waals surface area contributed by atoms with E-state index in [1.54, 1.807) is 0 Å². The smallest absolute Gasteiger partial charge is 0.133 e. The molecule has 1 aliphatic rings. The van der Waals surface area contributed by atoms with Crippen LogP contribution in [0.15, 0.2) is 6.07 Å². The first-order chi connectivity index (χ1) is 8.60. The van der Waals surface area contributed by atoms with E-state index in [-0.39, 0.29) is 0 Å². The molecule has 1 aromatic heterocycles. The van der Waals surface area contributed by atoms with Gasteiger partial charge in [0.25, 0.3) is 0 Å². The van der Waals surface area contributed by atoms with E-state index in [4.69, 9.17) is 5.73 Å². The van der Waals surface area contributed by atoms with Crippen molar-refractivity contribution in [1.82, 2.24) is 9.97 Å². The van der Waals surface area contributed by atoms with E-state index in [2.05, 4.69) is 29.1 Å². The molecule has 0 aliphatic heterocycles. The van der Waals surface area contributed by atoms with Crippen molar-refractivity contribution < 1.29 is 0 Å². The zero-order valence-corrected chi connectivity index (χ0v) is 11.6. The average molecular weight is 248 g/mol. The lowest BCUT2D eigenvalue weighted by molar-refractivity contribution is 0.515. The summed E-state index contributed by atoms with van der Waals surface area (Å²) in [6.45, 7) is 7.03. The topological polar surface area (TPSA) is 63.8 Å². The number of rotatable bonds is 4. The second-order valence-electron chi connectivity index (χ2n) is 5.58. The fourth-order valence-corrected chi connectivity index (χ4v) is 2.62. The van der Waals surface area contributed by atoms with Gasteiger partial charge >= 0.3 is 0 Å². The first-order valence-electron chi connectivity index (χ1n) is 6.92.